The Kier molecular flexibility index (Phi) is 7.41. The largest absolute Gasteiger partial charge is 0.496 e. The van der Waals surface area contributed by atoms with Crippen LogP contribution in [0.3, 0.4) is 0 Å². The molecule has 2 saturated carbocycles. The number of likely N-dealkylation sites (tertiary alicyclic amines) is 1. The summed E-state index contributed by atoms with van der Waals surface area (Å²) in [6.07, 6.45) is 7.37. The van der Waals surface area contributed by atoms with Crippen molar-refractivity contribution in [3.63, 3.8) is 0 Å². The molecule has 3 atom stereocenters. The van der Waals surface area contributed by atoms with Gasteiger partial charge in [0.1, 0.15) is 29.3 Å². The Bertz CT molecular complexity index is 1340. The number of rotatable bonds is 6. The average molecular weight is 553 g/mol. The van der Waals surface area contributed by atoms with Gasteiger partial charge in [0.15, 0.2) is 0 Å². The number of hydrogen-bond donors (Lipinski definition) is 2. The van der Waals surface area contributed by atoms with E-state index in [0.29, 0.717) is 54.2 Å². The molecule has 2 aromatic rings. The van der Waals surface area contributed by atoms with E-state index in [1.54, 1.807) is 30.2 Å². The Morgan fingerprint density at radius 2 is 1.97 bits per heavy atom. The van der Waals surface area contributed by atoms with Crippen LogP contribution in [-0.2, 0) is 9.59 Å². The number of ketones is 1. The van der Waals surface area contributed by atoms with Crippen molar-refractivity contribution in [2.45, 2.75) is 83.7 Å². The van der Waals surface area contributed by atoms with Gasteiger partial charge < -0.3 is 19.9 Å². The second-order valence-corrected chi connectivity index (χ2v) is 13.0. The Balaban J connectivity index is 1.39. The summed E-state index contributed by atoms with van der Waals surface area (Å²) < 4.78 is 5.46. The van der Waals surface area contributed by atoms with Crippen molar-refractivity contribution in [1.82, 2.24) is 15.2 Å². The number of ether oxygens (including phenoxy) is 1. The van der Waals surface area contributed by atoms with Crippen LogP contribution in [0.1, 0.15) is 82.1 Å². The zero-order chi connectivity index (χ0) is 27.9. The van der Waals surface area contributed by atoms with Crippen molar-refractivity contribution >= 4 is 40.1 Å². The van der Waals surface area contributed by atoms with E-state index in [0.717, 1.165) is 37.5 Å². The van der Waals surface area contributed by atoms with Gasteiger partial charge in [0, 0.05) is 29.3 Å². The van der Waals surface area contributed by atoms with E-state index >= 15 is 0 Å². The number of nitriles is 1. The molecule has 0 radical (unpaired) electrons. The molecule has 1 spiro atoms. The normalized spacial score (nSPS) is 24.6. The first-order valence-corrected chi connectivity index (χ1v) is 14.3. The lowest BCUT2D eigenvalue weighted by Gasteiger charge is -2.32. The zero-order valence-electron chi connectivity index (χ0n) is 22.9. The van der Waals surface area contributed by atoms with Gasteiger partial charge >= 0.3 is 0 Å². The molecule has 0 bridgehead atoms. The molecule has 3 fully saturated rings. The Hall–Kier alpha value is -3.05. The standard InChI is InChI=1S/C30H37ClN4O4/c1-29(2)13-18(25(36)15-29)9-20(16-32)33-27(37)24-14-30(7-5-4-6-8-30)17-35(24)28(38)23-12-21-22(34-23)10-19(31)11-26(21)39-3/h10-12,18,20,24,34H,4-9,13-15,17H2,1-3H3,(H,33,37)/t18-,20+,24?/m1/s1. The van der Waals surface area contributed by atoms with Crippen molar-refractivity contribution in [3.8, 4) is 11.8 Å². The molecule has 1 aromatic carbocycles. The molecule has 5 rings (SSSR count). The molecule has 39 heavy (non-hydrogen) atoms. The summed E-state index contributed by atoms with van der Waals surface area (Å²) in [4.78, 5) is 45.0. The summed E-state index contributed by atoms with van der Waals surface area (Å²) in [5.41, 5.74) is 0.868. The number of carbonyl (C=O) groups excluding carboxylic acids is 3. The van der Waals surface area contributed by atoms with Crippen LogP contribution in [0, 0.1) is 28.1 Å². The van der Waals surface area contributed by atoms with Crippen LogP contribution in [0.15, 0.2) is 18.2 Å². The smallest absolute Gasteiger partial charge is 0.271 e. The summed E-state index contributed by atoms with van der Waals surface area (Å²) in [5.74, 6) is -0.0902. The molecule has 208 valence electrons. The Morgan fingerprint density at radius 1 is 1.23 bits per heavy atom. The van der Waals surface area contributed by atoms with E-state index < -0.39 is 12.1 Å². The predicted molar refractivity (Wildman–Crippen MR) is 148 cm³/mol. The number of carbonyl (C=O) groups is 3. The van der Waals surface area contributed by atoms with E-state index in [-0.39, 0.29) is 34.3 Å². The number of benzene rings is 1. The van der Waals surface area contributed by atoms with E-state index in [1.165, 1.54) is 0 Å². The van der Waals surface area contributed by atoms with E-state index in [4.69, 9.17) is 16.3 Å². The van der Waals surface area contributed by atoms with Gasteiger partial charge in [0.05, 0.1) is 18.7 Å². The van der Waals surface area contributed by atoms with Crippen LogP contribution in [0.25, 0.3) is 10.9 Å². The van der Waals surface area contributed by atoms with Crippen molar-refractivity contribution in [3.05, 3.63) is 28.9 Å². The molecular weight excluding hydrogens is 516 g/mol. The number of amides is 2. The fourth-order valence-electron chi connectivity index (χ4n) is 7.16. The van der Waals surface area contributed by atoms with Gasteiger partial charge in [-0.05, 0) is 61.1 Å². The summed E-state index contributed by atoms with van der Waals surface area (Å²) in [7, 11) is 1.55. The first-order valence-electron chi connectivity index (χ1n) is 13.9. The summed E-state index contributed by atoms with van der Waals surface area (Å²) in [5, 5.41) is 14.0. The molecule has 8 nitrogen and oxygen atoms in total. The van der Waals surface area contributed by atoms with Crippen molar-refractivity contribution in [2.75, 3.05) is 13.7 Å². The third kappa shape index (κ3) is 5.51. The lowest BCUT2D eigenvalue weighted by molar-refractivity contribution is -0.126. The minimum absolute atomic E-state index is 0.0830. The molecule has 1 aliphatic heterocycles. The van der Waals surface area contributed by atoms with Crippen LogP contribution < -0.4 is 10.1 Å². The Labute approximate surface area is 234 Å². The second-order valence-electron chi connectivity index (χ2n) is 12.6. The van der Waals surface area contributed by atoms with E-state index in [9.17, 15) is 19.6 Å². The lowest BCUT2D eigenvalue weighted by Crippen LogP contribution is -2.49. The fourth-order valence-corrected chi connectivity index (χ4v) is 7.37. The second kappa shape index (κ2) is 10.5. The van der Waals surface area contributed by atoms with E-state index in [2.05, 4.69) is 30.2 Å². The maximum absolute atomic E-state index is 13.9. The average Bonchev–Trinajstić information content (AvgIpc) is 3.56. The molecular formula is C30H37ClN4O4. The van der Waals surface area contributed by atoms with Gasteiger partial charge in [0.2, 0.25) is 5.91 Å². The van der Waals surface area contributed by atoms with Crippen LogP contribution in [0.5, 0.6) is 5.75 Å². The highest BCUT2D eigenvalue weighted by Gasteiger charge is 2.49. The first kappa shape index (κ1) is 27.5. The number of H-pyrrole nitrogens is 1. The summed E-state index contributed by atoms with van der Waals surface area (Å²) in [6, 6.07) is 5.93. The summed E-state index contributed by atoms with van der Waals surface area (Å²) in [6.45, 7) is 4.62. The number of hydrogen-bond acceptors (Lipinski definition) is 5. The van der Waals surface area contributed by atoms with Crippen LogP contribution in [0.4, 0.5) is 0 Å². The number of methoxy groups -OCH3 is 1. The monoisotopic (exact) mass is 552 g/mol. The molecule has 2 amide bonds. The number of Topliss-reactive ketones (excluding diaryl/α,β-unsaturated/α-hetero) is 1. The molecule has 9 heteroatoms. The van der Waals surface area contributed by atoms with Gasteiger partial charge in [-0.25, -0.2) is 0 Å². The van der Waals surface area contributed by atoms with Gasteiger partial charge in [-0.1, -0.05) is 44.7 Å². The Morgan fingerprint density at radius 3 is 2.62 bits per heavy atom. The maximum Gasteiger partial charge on any atom is 0.271 e. The quantitative estimate of drug-likeness (QED) is 0.498. The molecule has 1 unspecified atom stereocenters. The number of aromatic amines is 1. The summed E-state index contributed by atoms with van der Waals surface area (Å²) >= 11 is 6.23. The topological polar surface area (TPSA) is 115 Å². The molecule has 2 aliphatic carbocycles. The number of nitrogens with one attached hydrogen (secondary N) is 2. The van der Waals surface area contributed by atoms with E-state index in [1.807, 2.05) is 0 Å². The highest BCUT2D eigenvalue weighted by molar-refractivity contribution is 6.31. The molecule has 2 N–H and O–H groups in total. The van der Waals surface area contributed by atoms with Crippen LogP contribution >= 0.6 is 11.6 Å². The molecule has 2 heterocycles. The van der Waals surface area contributed by atoms with Gasteiger partial charge in [-0.15, -0.1) is 0 Å². The number of nitrogens with zero attached hydrogens (tertiary/aromatic N) is 2. The van der Waals surface area contributed by atoms with Crippen molar-refractivity contribution in [1.29, 1.82) is 5.26 Å². The third-order valence-electron chi connectivity index (χ3n) is 9.00. The SMILES string of the molecule is COc1cc(Cl)cc2[nH]c(C(=O)N3CC4(CCCCC4)CC3C(=O)N[C@H](C#N)C[C@@H]3CC(C)(C)CC3=O)cc12. The molecule has 1 saturated heterocycles. The number of aromatic nitrogens is 1. The van der Waals surface area contributed by atoms with Crippen molar-refractivity contribution < 1.29 is 19.1 Å². The number of fused-ring (bicyclic) bond motifs is 1. The lowest BCUT2D eigenvalue weighted by atomic mass is 9.72. The minimum Gasteiger partial charge on any atom is -0.496 e. The highest BCUT2D eigenvalue weighted by atomic mass is 35.5. The fraction of sp³-hybridized carbons (Fsp3) is 0.600. The highest BCUT2D eigenvalue weighted by Crippen LogP contribution is 2.47. The van der Waals surface area contributed by atoms with Crippen LogP contribution in [-0.4, -0.2) is 53.2 Å². The van der Waals surface area contributed by atoms with Crippen molar-refractivity contribution in [2.24, 2.45) is 16.7 Å². The van der Waals surface area contributed by atoms with Gasteiger partial charge in [-0.3, -0.25) is 14.4 Å². The van der Waals surface area contributed by atoms with Gasteiger partial charge in [0.25, 0.3) is 5.91 Å². The van der Waals surface area contributed by atoms with Crippen LogP contribution in [0.2, 0.25) is 5.02 Å². The first-order chi connectivity index (χ1) is 18.5. The third-order valence-corrected chi connectivity index (χ3v) is 9.22. The van der Waals surface area contributed by atoms with Gasteiger partial charge in [-0.2, -0.15) is 5.26 Å². The maximum atomic E-state index is 13.9. The molecule has 3 aliphatic rings. The molecule has 1 aromatic heterocycles. The zero-order valence-corrected chi connectivity index (χ0v) is 23.7. The minimum atomic E-state index is -0.778. The number of halogens is 1. The predicted octanol–water partition coefficient (Wildman–Crippen LogP) is 5.40.